The summed E-state index contributed by atoms with van der Waals surface area (Å²) in [5.41, 5.74) is 9.75. The summed E-state index contributed by atoms with van der Waals surface area (Å²) in [5.74, 6) is 0.360. The molecule has 208 valence electrons. The Morgan fingerprint density at radius 3 is 2.45 bits per heavy atom. The van der Waals surface area contributed by atoms with Gasteiger partial charge in [0, 0.05) is 23.0 Å². The fraction of sp³-hybridized carbons (Fsp3) is 0.300. The van der Waals surface area contributed by atoms with Gasteiger partial charge in [-0.15, -0.1) is 5.10 Å². The number of furan rings is 1. The first-order valence-corrected chi connectivity index (χ1v) is 13.3. The monoisotopic (exact) mass is 541 g/mol. The van der Waals surface area contributed by atoms with E-state index in [1.165, 1.54) is 17.9 Å². The summed E-state index contributed by atoms with van der Waals surface area (Å²) in [6, 6.07) is 19.3. The Morgan fingerprint density at radius 2 is 1.82 bits per heavy atom. The van der Waals surface area contributed by atoms with Crippen LogP contribution in [-0.4, -0.2) is 49.1 Å². The van der Waals surface area contributed by atoms with Gasteiger partial charge in [0.2, 0.25) is 0 Å². The number of primary amides is 1. The Bertz CT molecular complexity index is 1600. The van der Waals surface area contributed by atoms with Crippen molar-refractivity contribution in [2.75, 3.05) is 13.1 Å². The van der Waals surface area contributed by atoms with Gasteiger partial charge in [-0.2, -0.15) is 0 Å². The van der Waals surface area contributed by atoms with Crippen LogP contribution in [0.5, 0.6) is 0 Å². The number of aryl methyl sites for hydroxylation is 4. The molecule has 10 heteroatoms. The Labute approximate surface area is 232 Å². The first kappa shape index (κ1) is 28.4. The van der Waals surface area contributed by atoms with Crippen molar-refractivity contribution in [2.45, 2.75) is 46.7 Å². The Hall–Kier alpha value is -4.57. The number of carbonyl (C=O) groups excluding carboxylic acids is 1. The van der Waals surface area contributed by atoms with Gasteiger partial charge in [-0.05, 0) is 84.7 Å². The number of hydrogen-bond acceptors (Lipinski definition) is 7. The fourth-order valence-corrected chi connectivity index (χ4v) is 4.85. The average Bonchev–Trinajstić information content (AvgIpc) is 3.64. The summed E-state index contributed by atoms with van der Waals surface area (Å²) in [5, 5.41) is 13.7. The van der Waals surface area contributed by atoms with Gasteiger partial charge in [-0.1, -0.05) is 50.2 Å². The van der Waals surface area contributed by atoms with Gasteiger partial charge in [-0.3, -0.25) is 14.5 Å². The number of nitrogens with zero attached hydrogens (tertiary/aromatic N) is 5. The molecule has 3 N–H and O–H groups in total. The van der Waals surface area contributed by atoms with Gasteiger partial charge in [0.05, 0.1) is 6.26 Å². The van der Waals surface area contributed by atoms with E-state index in [4.69, 9.17) is 5.73 Å². The number of H-pyrrole nitrogens is 1. The predicted octanol–water partition coefficient (Wildman–Crippen LogP) is 4.18. The van der Waals surface area contributed by atoms with E-state index >= 15 is 0 Å². The van der Waals surface area contributed by atoms with Crippen LogP contribution in [0.3, 0.4) is 0 Å². The number of pyridine rings is 1. The van der Waals surface area contributed by atoms with Gasteiger partial charge in [0.15, 0.2) is 11.6 Å². The molecule has 0 fully saturated rings. The quantitative estimate of drug-likeness (QED) is 0.286. The van der Waals surface area contributed by atoms with Crippen molar-refractivity contribution in [1.29, 1.82) is 0 Å². The standard InChI is InChI=1S/C25H30N6O.C5H5NO2/c1-5-30(6-2)23(21-16-20-18(4)14-17(3)15-22(20)26-25(21)32)24-27-28-29-31(24)13-12-19-10-8-7-9-11-19;6-5(7)4-2-1-3-8-4/h7-11,14-16,23H,5-6,12-13H2,1-4H3,(H,26,32);1-3H,(H2,6,7). The van der Waals surface area contributed by atoms with E-state index in [2.05, 4.69) is 68.8 Å². The van der Waals surface area contributed by atoms with Crippen LogP contribution in [0.2, 0.25) is 0 Å². The maximum absolute atomic E-state index is 13.3. The summed E-state index contributed by atoms with van der Waals surface area (Å²) >= 11 is 0. The van der Waals surface area contributed by atoms with Crippen molar-refractivity contribution < 1.29 is 9.21 Å². The predicted molar refractivity (Wildman–Crippen MR) is 154 cm³/mol. The normalized spacial score (nSPS) is 11.8. The number of nitrogens with one attached hydrogen (secondary N) is 1. The van der Waals surface area contributed by atoms with Crippen molar-refractivity contribution in [2.24, 2.45) is 5.73 Å². The van der Waals surface area contributed by atoms with Crippen LogP contribution in [0.4, 0.5) is 0 Å². The molecule has 5 aromatic rings. The Balaban J connectivity index is 0.000000398. The molecule has 0 saturated carbocycles. The molecule has 0 aliphatic heterocycles. The van der Waals surface area contributed by atoms with E-state index in [0.29, 0.717) is 17.9 Å². The highest BCUT2D eigenvalue weighted by atomic mass is 16.3. The highest BCUT2D eigenvalue weighted by molar-refractivity contribution is 5.89. The lowest BCUT2D eigenvalue weighted by atomic mass is 10.00. The first-order valence-electron chi connectivity index (χ1n) is 13.3. The van der Waals surface area contributed by atoms with Gasteiger partial charge >= 0.3 is 0 Å². The van der Waals surface area contributed by atoms with Crippen LogP contribution in [-0.2, 0) is 13.0 Å². The van der Waals surface area contributed by atoms with E-state index in [1.807, 2.05) is 41.9 Å². The van der Waals surface area contributed by atoms with Crippen molar-refractivity contribution in [1.82, 2.24) is 30.1 Å². The third-order valence-corrected chi connectivity index (χ3v) is 6.84. The summed E-state index contributed by atoms with van der Waals surface area (Å²) in [6.07, 6.45) is 2.22. The number of benzene rings is 2. The van der Waals surface area contributed by atoms with E-state index in [1.54, 1.807) is 6.07 Å². The van der Waals surface area contributed by atoms with E-state index < -0.39 is 5.91 Å². The molecule has 1 unspecified atom stereocenters. The zero-order chi connectivity index (χ0) is 28.6. The minimum atomic E-state index is -0.532. The molecule has 10 nitrogen and oxygen atoms in total. The van der Waals surface area contributed by atoms with Crippen molar-refractivity contribution in [3.63, 3.8) is 0 Å². The third-order valence-electron chi connectivity index (χ3n) is 6.84. The second-order valence-corrected chi connectivity index (χ2v) is 9.56. The molecule has 0 aliphatic rings. The second kappa shape index (κ2) is 13.0. The smallest absolute Gasteiger partial charge is 0.284 e. The fourth-order valence-electron chi connectivity index (χ4n) is 4.85. The van der Waals surface area contributed by atoms with E-state index in [0.717, 1.165) is 41.5 Å². The van der Waals surface area contributed by atoms with Crippen molar-refractivity contribution in [3.8, 4) is 0 Å². The molecular formula is C30H35N7O3. The van der Waals surface area contributed by atoms with Gasteiger partial charge in [0.1, 0.15) is 6.04 Å². The minimum Gasteiger partial charge on any atom is -0.459 e. The maximum Gasteiger partial charge on any atom is 0.284 e. The molecule has 0 radical (unpaired) electrons. The van der Waals surface area contributed by atoms with Crippen molar-refractivity contribution >= 4 is 16.8 Å². The van der Waals surface area contributed by atoms with Crippen LogP contribution >= 0.6 is 0 Å². The van der Waals surface area contributed by atoms with E-state index in [9.17, 15) is 9.59 Å². The molecule has 1 amide bonds. The van der Waals surface area contributed by atoms with Crippen molar-refractivity contribution in [3.05, 3.63) is 111 Å². The lowest BCUT2D eigenvalue weighted by Gasteiger charge is -2.28. The number of rotatable bonds is 9. The molecule has 40 heavy (non-hydrogen) atoms. The molecular weight excluding hydrogens is 506 g/mol. The highest BCUT2D eigenvalue weighted by Crippen LogP contribution is 2.28. The molecule has 0 saturated heterocycles. The molecule has 5 rings (SSSR count). The highest BCUT2D eigenvalue weighted by Gasteiger charge is 2.29. The minimum absolute atomic E-state index is 0.1000. The Morgan fingerprint density at radius 1 is 1.07 bits per heavy atom. The van der Waals surface area contributed by atoms with Gasteiger partial charge in [-0.25, -0.2) is 4.68 Å². The van der Waals surface area contributed by atoms with Crippen LogP contribution in [0.1, 0.15) is 58.5 Å². The molecule has 1 atom stereocenters. The summed E-state index contributed by atoms with van der Waals surface area (Å²) in [6.45, 7) is 10.5. The number of carbonyl (C=O) groups is 1. The lowest BCUT2D eigenvalue weighted by molar-refractivity contribution is 0.0974. The lowest BCUT2D eigenvalue weighted by Crippen LogP contribution is -2.35. The number of aromatic amines is 1. The van der Waals surface area contributed by atoms with Gasteiger partial charge < -0.3 is 15.1 Å². The molecule has 3 aromatic heterocycles. The first-order chi connectivity index (χ1) is 19.3. The molecule has 0 spiro atoms. The second-order valence-electron chi connectivity index (χ2n) is 9.56. The molecule has 0 bridgehead atoms. The molecule has 3 heterocycles. The number of aromatic nitrogens is 5. The van der Waals surface area contributed by atoms with Crippen LogP contribution in [0, 0.1) is 13.8 Å². The maximum atomic E-state index is 13.3. The Kier molecular flexibility index (Phi) is 9.23. The average molecular weight is 542 g/mol. The van der Waals surface area contributed by atoms with Gasteiger partial charge in [0.25, 0.3) is 11.5 Å². The van der Waals surface area contributed by atoms with Crippen LogP contribution in [0.25, 0.3) is 10.9 Å². The summed E-state index contributed by atoms with van der Waals surface area (Å²) < 4.78 is 6.46. The zero-order valence-electron chi connectivity index (χ0n) is 23.3. The molecule has 0 aliphatic carbocycles. The number of nitrogens with two attached hydrogens (primary N) is 1. The number of hydrogen-bond donors (Lipinski definition) is 2. The molecule has 2 aromatic carbocycles. The third kappa shape index (κ3) is 6.52. The summed E-state index contributed by atoms with van der Waals surface area (Å²) in [7, 11) is 0. The summed E-state index contributed by atoms with van der Waals surface area (Å²) in [4.78, 5) is 28.8. The van der Waals surface area contributed by atoms with Crippen LogP contribution in [0.15, 0.2) is 76.1 Å². The number of tetrazole rings is 1. The largest absolute Gasteiger partial charge is 0.459 e. The zero-order valence-corrected chi connectivity index (χ0v) is 23.3. The van der Waals surface area contributed by atoms with Crippen LogP contribution < -0.4 is 11.3 Å². The van der Waals surface area contributed by atoms with E-state index in [-0.39, 0.29) is 17.4 Å². The number of fused-ring (bicyclic) bond motifs is 1. The topological polar surface area (TPSA) is 136 Å². The number of amides is 1. The SMILES string of the molecule is CCN(CC)C(c1cc2c(C)cc(C)cc2[nH]c1=O)c1nnnn1CCc1ccccc1.NC(=O)c1ccco1.